The smallest absolute Gasteiger partial charge is 0.406 e. The summed E-state index contributed by atoms with van der Waals surface area (Å²) in [6, 6.07) is 5.17. The summed E-state index contributed by atoms with van der Waals surface area (Å²) < 4.78 is 45.4. The van der Waals surface area contributed by atoms with E-state index in [0.29, 0.717) is 18.6 Å². The Bertz CT molecular complexity index is 426. The van der Waals surface area contributed by atoms with Crippen molar-refractivity contribution in [2.45, 2.75) is 39.2 Å². The molecule has 0 heterocycles. The minimum Gasteiger partial charge on any atom is -0.406 e. The molecule has 0 aliphatic heterocycles. The predicted molar refractivity (Wildman–Crippen MR) is 67.4 cm³/mol. The van der Waals surface area contributed by atoms with Crippen molar-refractivity contribution < 1.29 is 27.4 Å². The van der Waals surface area contributed by atoms with Crippen LogP contribution >= 0.6 is 0 Å². The third-order valence-electron chi connectivity index (χ3n) is 2.55. The standard InChI is InChI=1S/C14H17F3O3/c1-3-9-19-13(12(18)4-2)10-5-7-11(8-6-10)20-14(15,16)17/h5-8,13H,3-4,9H2,1-2H3. The third kappa shape index (κ3) is 5.21. The van der Waals surface area contributed by atoms with Gasteiger partial charge in [0, 0.05) is 13.0 Å². The molecule has 0 spiro atoms. The molecule has 0 saturated carbocycles. The van der Waals surface area contributed by atoms with Gasteiger partial charge in [-0.3, -0.25) is 4.79 Å². The highest BCUT2D eigenvalue weighted by molar-refractivity contribution is 5.84. The first-order valence-electron chi connectivity index (χ1n) is 6.37. The third-order valence-corrected chi connectivity index (χ3v) is 2.55. The zero-order valence-electron chi connectivity index (χ0n) is 11.4. The van der Waals surface area contributed by atoms with E-state index in [1.54, 1.807) is 6.92 Å². The van der Waals surface area contributed by atoms with E-state index in [0.717, 1.165) is 6.42 Å². The van der Waals surface area contributed by atoms with E-state index in [1.807, 2.05) is 6.92 Å². The van der Waals surface area contributed by atoms with Gasteiger partial charge in [-0.2, -0.15) is 0 Å². The molecular weight excluding hydrogens is 273 g/mol. The second-order valence-corrected chi connectivity index (χ2v) is 4.19. The maximum Gasteiger partial charge on any atom is 0.573 e. The Labute approximate surface area is 115 Å². The van der Waals surface area contributed by atoms with Gasteiger partial charge in [0.15, 0.2) is 5.78 Å². The molecule has 1 aromatic carbocycles. The van der Waals surface area contributed by atoms with E-state index in [2.05, 4.69) is 4.74 Å². The molecule has 0 saturated heterocycles. The van der Waals surface area contributed by atoms with Crippen LogP contribution in [-0.4, -0.2) is 18.8 Å². The summed E-state index contributed by atoms with van der Waals surface area (Å²) in [6.07, 6.45) is -4.41. The summed E-state index contributed by atoms with van der Waals surface area (Å²) in [6.45, 7) is 4.04. The molecule has 0 aliphatic carbocycles. The molecule has 0 amide bonds. The molecule has 1 unspecified atom stereocenters. The Morgan fingerprint density at radius 1 is 1.20 bits per heavy atom. The van der Waals surface area contributed by atoms with Crippen molar-refractivity contribution in [3.63, 3.8) is 0 Å². The van der Waals surface area contributed by atoms with Gasteiger partial charge in [0.05, 0.1) is 0 Å². The molecule has 6 heteroatoms. The highest BCUT2D eigenvalue weighted by Crippen LogP contribution is 2.26. The van der Waals surface area contributed by atoms with Gasteiger partial charge in [-0.15, -0.1) is 13.2 Å². The summed E-state index contributed by atoms with van der Waals surface area (Å²) >= 11 is 0. The molecule has 0 aromatic heterocycles. The van der Waals surface area contributed by atoms with Crippen LogP contribution in [0.15, 0.2) is 24.3 Å². The SMILES string of the molecule is CCCOC(C(=O)CC)c1ccc(OC(F)(F)F)cc1. The number of Topliss-reactive ketones (excluding diaryl/α,β-unsaturated/α-hetero) is 1. The highest BCUT2D eigenvalue weighted by atomic mass is 19.4. The highest BCUT2D eigenvalue weighted by Gasteiger charge is 2.31. The van der Waals surface area contributed by atoms with Gasteiger partial charge >= 0.3 is 6.36 Å². The predicted octanol–water partition coefficient (Wildman–Crippen LogP) is 4.03. The minimum atomic E-state index is -4.72. The van der Waals surface area contributed by atoms with Crippen LogP contribution in [0.4, 0.5) is 13.2 Å². The van der Waals surface area contributed by atoms with E-state index in [9.17, 15) is 18.0 Å². The van der Waals surface area contributed by atoms with Crippen LogP contribution in [-0.2, 0) is 9.53 Å². The molecule has 1 rings (SSSR count). The molecule has 0 aliphatic rings. The Hall–Kier alpha value is -1.56. The normalized spacial score (nSPS) is 13.1. The van der Waals surface area contributed by atoms with Gasteiger partial charge in [0.25, 0.3) is 0 Å². The van der Waals surface area contributed by atoms with Gasteiger partial charge in [-0.05, 0) is 24.1 Å². The lowest BCUT2D eigenvalue weighted by molar-refractivity contribution is -0.274. The molecule has 20 heavy (non-hydrogen) atoms. The van der Waals surface area contributed by atoms with E-state index in [4.69, 9.17) is 4.74 Å². The molecule has 112 valence electrons. The lowest BCUT2D eigenvalue weighted by atomic mass is 10.0. The number of carbonyl (C=O) groups is 1. The van der Waals surface area contributed by atoms with Crippen LogP contribution < -0.4 is 4.74 Å². The molecule has 1 atom stereocenters. The number of alkyl halides is 3. The molecule has 0 bridgehead atoms. The fourth-order valence-electron chi connectivity index (χ4n) is 1.64. The lowest BCUT2D eigenvalue weighted by Crippen LogP contribution is -2.18. The van der Waals surface area contributed by atoms with E-state index >= 15 is 0 Å². The van der Waals surface area contributed by atoms with Gasteiger partial charge in [-0.25, -0.2) is 0 Å². The van der Waals surface area contributed by atoms with Crippen molar-refractivity contribution in [3.05, 3.63) is 29.8 Å². The molecule has 3 nitrogen and oxygen atoms in total. The molecule has 0 radical (unpaired) electrons. The largest absolute Gasteiger partial charge is 0.573 e. The Morgan fingerprint density at radius 2 is 1.80 bits per heavy atom. The number of carbonyl (C=O) groups excluding carboxylic acids is 1. The number of hydrogen-bond donors (Lipinski definition) is 0. The average Bonchev–Trinajstić information content (AvgIpc) is 2.38. The molecule has 0 N–H and O–H groups in total. The second kappa shape index (κ2) is 7.28. The average molecular weight is 290 g/mol. The number of rotatable bonds is 7. The quantitative estimate of drug-likeness (QED) is 0.760. The fourth-order valence-corrected chi connectivity index (χ4v) is 1.64. The summed E-state index contributed by atoms with van der Waals surface area (Å²) in [5.41, 5.74) is 0.528. The Kier molecular flexibility index (Phi) is 6.01. The first-order valence-corrected chi connectivity index (χ1v) is 6.37. The Balaban J connectivity index is 2.84. The topological polar surface area (TPSA) is 35.5 Å². The molecule has 0 fully saturated rings. The van der Waals surface area contributed by atoms with Crippen molar-refractivity contribution >= 4 is 5.78 Å². The zero-order valence-corrected chi connectivity index (χ0v) is 11.4. The monoisotopic (exact) mass is 290 g/mol. The summed E-state index contributed by atoms with van der Waals surface area (Å²) in [5, 5.41) is 0. The van der Waals surface area contributed by atoms with Crippen LogP contribution in [0, 0.1) is 0 Å². The number of hydrogen-bond acceptors (Lipinski definition) is 3. The van der Waals surface area contributed by atoms with Crippen molar-refractivity contribution in [3.8, 4) is 5.75 Å². The van der Waals surface area contributed by atoms with Crippen molar-refractivity contribution in [1.29, 1.82) is 0 Å². The zero-order chi connectivity index (χ0) is 15.2. The van der Waals surface area contributed by atoms with Gasteiger partial charge in [0.1, 0.15) is 11.9 Å². The van der Waals surface area contributed by atoms with Crippen LogP contribution in [0.3, 0.4) is 0 Å². The summed E-state index contributed by atoms with van der Waals surface area (Å²) in [7, 11) is 0. The second-order valence-electron chi connectivity index (χ2n) is 4.19. The Morgan fingerprint density at radius 3 is 2.25 bits per heavy atom. The summed E-state index contributed by atoms with van der Waals surface area (Å²) in [4.78, 5) is 11.8. The van der Waals surface area contributed by atoms with Crippen LogP contribution in [0.1, 0.15) is 38.4 Å². The van der Waals surface area contributed by atoms with Crippen molar-refractivity contribution in [2.75, 3.05) is 6.61 Å². The van der Waals surface area contributed by atoms with E-state index < -0.39 is 12.5 Å². The first kappa shape index (κ1) is 16.5. The minimum absolute atomic E-state index is 0.108. The van der Waals surface area contributed by atoms with Crippen molar-refractivity contribution in [1.82, 2.24) is 0 Å². The van der Waals surface area contributed by atoms with Crippen LogP contribution in [0.2, 0.25) is 0 Å². The van der Waals surface area contributed by atoms with Crippen LogP contribution in [0.5, 0.6) is 5.75 Å². The van der Waals surface area contributed by atoms with Gasteiger partial charge < -0.3 is 9.47 Å². The molecule has 1 aromatic rings. The van der Waals surface area contributed by atoms with E-state index in [1.165, 1.54) is 24.3 Å². The van der Waals surface area contributed by atoms with Crippen LogP contribution in [0.25, 0.3) is 0 Å². The number of benzene rings is 1. The number of ketones is 1. The maximum absolute atomic E-state index is 12.0. The molecular formula is C14H17F3O3. The number of ether oxygens (including phenoxy) is 2. The number of halogens is 3. The summed E-state index contributed by atoms with van der Waals surface area (Å²) in [5.74, 6) is -0.428. The maximum atomic E-state index is 12.0. The van der Waals surface area contributed by atoms with Crippen molar-refractivity contribution in [2.24, 2.45) is 0 Å². The van der Waals surface area contributed by atoms with Gasteiger partial charge in [0.2, 0.25) is 0 Å². The first-order chi connectivity index (χ1) is 9.37. The van der Waals surface area contributed by atoms with Gasteiger partial charge in [-0.1, -0.05) is 26.0 Å². The van der Waals surface area contributed by atoms with E-state index in [-0.39, 0.29) is 11.5 Å². The lowest BCUT2D eigenvalue weighted by Gasteiger charge is -2.17. The fraction of sp³-hybridized carbons (Fsp3) is 0.500.